The van der Waals surface area contributed by atoms with Crippen molar-refractivity contribution < 1.29 is 9.72 Å². The van der Waals surface area contributed by atoms with Crippen molar-refractivity contribution in [3.8, 4) is 0 Å². The van der Waals surface area contributed by atoms with Gasteiger partial charge in [-0.3, -0.25) is 19.8 Å². The molecule has 0 spiro atoms. The summed E-state index contributed by atoms with van der Waals surface area (Å²) in [7, 11) is 4.00. The smallest absolute Gasteiger partial charge is 0.271 e. The summed E-state index contributed by atoms with van der Waals surface area (Å²) >= 11 is 7.34. The largest absolute Gasteiger partial charge is 0.324 e. The van der Waals surface area contributed by atoms with E-state index in [1.165, 1.54) is 30.0 Å². The second-order valence-electron chi connectivity index (χ2n) is 7.56. The van der Waals surface area contributed by atoms with Gasteiger partial charge in [0.15, 0.2) is 11.0 Å². The number of non-ortho nitro benzene ring substituents is 1. The number of aromatic nitrogens is 3. The fourth-order valence-electron chi connectivity index (χ4n) is 3.39. The van der Waals surface area contributed by atoms with Gasteiger partial charge in [0.05, 0.1) is 34.0 Å². The number of nitrogens with one attached hydrogen (secondary N) is 1. The molecule has 0 saturated heterocycles. The third-order valence-electron chi connectivity index (χ3n) is 5.00. The van der Waals surface area contributed by atoms with Crippen LogP contribution in [0, 0.1) is 10.1 Å². The molecule has 0 radical (unpaired) electrons. The molecule has 1 amide bonds. The molecule has 0 aliphatic rings. The first-order valence-electron chi connectivity index (χ1n) is 10.3. The number of nitrogens with zero attached hydrogens (tertiary/aromatic N) is 5. The van der Waals surface area contributed by atoms with Gasteiger partial charge in [0.1, 0.15) is 0 Å². The van der Waals surface area contributed by atoms with Gasteiger partial charge in [-0.2, -0.15) is 0 Å². The van der Waals surface area contributed by atoms with E-state index in [-0.39, 0.29) is 34.1 Å². The van der Waals surface area contributed by atoms with Crippen molar-refractivity contribution in [2.75, 3.05) is 25.2 Å². The van der Waals surface area contributed by atoms with Crippen molar-refractivity contribution >= 4 is 40.6 Å². The average Bonchev–Trinajstić information content (AvgIpc) is 3.16. The van der Waals surface area contributed by atoms with Gasteiger partial charge in [0, 0.05) is 12.1 Å². The number of hydrogen-bond acceptors (Lipinski definition) is 7. The van der Waals surface area contributed by atoms with Crippen molar-refractivity contribution in [2.24, 2.45) is 0 Å². The molecule has 9 nitrogen and oxygen atoms in total. The lowest BCUT2D eigenvalue weighted by atomic mass is 10.2. The van der Waals surface area contributed by atoms with E-state index in [2.05, 4.69) is 27.3 Å². The van der Waals surface area contributed by atoms with Gasteiger partial charge in [-0.05, 0) is 32.1 Å². The zero-order valence-electron chi connectivity index (χ0n) is 18.6. The number of halogens is 1. The van der Waals surface area contributed by atoms with Crippen LogP contribution in [0.4, 0.5) is 11.4 Å². The average molecular weight is 489 g/mol. The van der Waals surface area contributed by atoms with E-state index < -0.39 is 4.92 Å². The monoisotopic (exact) mass is 488 g/mol. The Bertz CT molecular complexity index is 1120. The number of nitro benzene ring substituents is 1. The van der Waals surface area contributed by atoms with E-state index >= 15 is 0 Å². The highest BCUT2D eigenvalue weighted by molar-refractivity contribution is 7.99. The van der Waals surface area contributed by atoms with Crippen LogP contribution in [-0.4, -0.2) is 50.3 Å². The van der Waals surface area contributed by atoms with Crippen LogP contribution in [0.5, 0.6) is 0 Å². The normalized spacial score (nSPS) is 12.0. The third kappa shape index (κ3) is 6.31. The highest BCUT2D eigenvalue weighted by Crippen LogP contribution is 2.28. The Morgan fingerprint density at radius 2 is 1.97 bits per heavy atom. The summed E-state index contributed by atoms with van der Waals surface area (Å²) in [6, 6.07) is 14.0. The predicted molar refractivity (Wildman–Crippen MR) is 130 cm³/mol. The Kier molecular flexibility index (Phi) is 8.43. The standard InChI is InChI=1S/C22H25ClN6O3S/c1-4-19(27(2)3)21-25-26-22(28(21)13-15-8-6-5-7-9-15)33-14-20(30)24-18-12-16(29(31)32)10-11-17(18)23/h5-12,19H,4,13-14H2,1-3H3,(H,24,30). The summed E-state index contributed by atoms with van der Waals surface area (Å²) in [5.41, 5.74) is 1.15. The molecule has 0 fully saturated rings. The molecule has 3 aromatic rings. The van der Waals surface area contributed by atoms with Crippen molar-refractivity contribution in [2.45, 2.75) is 31.1 Å². The molecule has 1 N–H and O–H groups in total. The first kappa shape index (κ1) is 24.7. The maximum absolute atomic E-state index is 12.6. The third-order valence-corrected chi connectivity index (χ3v) is 6.30. The van der Waals surface area contributed by atoms with Crippen LogP contribution >= 0.6 is 23.4 Å². The summed E-state index contributed by atoms with van der Waals surface area (Å²) in [6.45, 7) is 2.67. The number of carbonyl (C=O) groups is 1. The minimum absolute atomic E-state index is 0.0463. The zero-order valence-corrected chi connectivity index (χ0v) is 20.1. The Morgan fingerprint density at radius 1 is 1.24 bits per heavy atom. The summed E-state index contributed by atoms with van der Waals surface area (Å²) in [4.78, 5) is 25.1. The molecule has 33 heavy (non-hydrogen) atoms. The maximum atomic E-state index is 12.6. The fraction of sp³-hybridized carbons (Fsp3) is 0.318. The number of hydrogen-bond donors (Lipinski definition) is 1. The van der Waals surface area contributed by atoms with Gasteiger partial charge in [0.25, 0.3) is 5.69 Å². The number of rotatable bonds is 10. The molecular weight excluding hydrogens is 464 g/mol. The molecule has 1 heterocycles. The van der Waals surface area contributed by atoms with Gasteiger partial charge >= 0.3 is 0 Å². The molecule has 174 valence electrons. The van der Waals surface area contributed by atoms with Gasteiger partial charge in [-0.1, -0.05) is 60.6 Å². The topological polar surface area (TPSA) is 106 Å². The summed E-state index contributed by atoms with van der Waals surface area (Å²) < 4.78 is 2.03. The van der Waals surface area contributed by atoms with Crippen LogP contribution < -0.4 is 5.32 Å². The van der Waals surface area contributed by atoms with Crippen molar-refractivity contribution in [3.63, 3.8) is 0 Å². The van der Waals surface area contributed by atoms with E-state index in [4.69, 9.17) is 11.6 Å². The van der Waals surface area contributed by atoms with E-state index in [0.717, 1.165) is 17.8 Å². The van der Waals surface area contributed by atoms with Crippen molar-refractivity contribution in [1.82, 2.24) is 19.7 Å². The van der Waals surface area contributed by atoms with Gasteiger partial charge in [0.2, 0.25) is 5.91 Å². The molecule has 1 aromatic heterocycles. The Labute approximate surface area is 201 Å². The maximum Gasteiger partial charge on any atom is 0.271 e. The SMILES string of the molecule is CCC(c1nnc(SCC(=O)Nc2cc([N+](=O)[O-])ccc2Cl)n1Cc1ccccc1)N(C)C. The molecule has 2 aromatic carbocycles. The minimum Gasteiger partial charge on any atom is -0.324 e. The second-order valence-corrected chi connectivity index (χ2v) is 8.91. The van der Waals surface area contributed by atoms with E-state index in [0.29, 0.717) is 11.7 Å². The molecule has 0 aliphatic carbocycles. The number of benzene rings is 2. The van der Waals surface area contributed by atoms with E-state index in [9.17, 15) is 14.9 Å². The van der Waals surface area contributed by atoms with Gasteiger partial charge < -0.3 is 9.88 Å². The van der Waals surface area contributed by atoms with E-state index in [1.54, 1.807) is 0 Å². The molecule has 1 atom stereocenters. The lowest BCUT2D eigenvalue weighted by Gasteiger charge is -2.23. The summed E-state index contributed by atoms with van der Waals surface area (Å²) in [6.07, 6.45) is 0.858. The lowest BCUT2D eigenvalue weighted by Crippen LogP contribution is -2.23. The lowest BCUT2D eigenvalue weighted by molar-refractivity contribution is -0.384. The number of amides is 1. The fourth-order valence-corrected chi connectivity index (χ4v) is 4.30. The first-order chi connectivity index (χ1) is 15.8. The minimum atomic E-state index is -0.538. The Balaban J connectivity index is 1.79. The molecule has 3 rings (SSSR count). The van der Waals surface area contributed by atoms with Crippen LogP contribution in [0.25, 0.3) is 0 Å². The van der Waals surface area contributed by atoms with Crippen molar-refractivity contribution in [3.05, 3.63) is 75.1 Å². The quantitative estimate of drug-likeness (QED) is 0.252. The van der Waals surface area contributed by atoms with Crippen LogP contribution in [-0.2, 0) is 11.3 Å². The number of carbonyl (C=O) groups excluding carboxylic acids is 1. The van der Waals surface area contributed by atoms with Crippen LogP contribution in [0.2, 0.25) is 5.02 Å². The zero-order chi connectivity index (χ0) is 24.0. The highest BCUT2D eigenvalue weighted by Gasteiger charge is 2.23. The Morgan fingerprint density at radius 3 is 2.61 bits per heavy atom. The summed E-state index contributed by atoms with van der Waals surface area (Å²) in [5.74, 6) is 0.527. The second kappa shape index (κ2) is 11.3. The number of thioether (sulfide) groups is 1. The van der Waals surface area contributed by atoms with Crippen LogP contribution in [0.1, 0.15) is 30.8 Å². The molecule has 0 saturated carbocycles. The Hall–Kier alpha value is -2.95. The van der Waals surface area contributed by atoms with Crippen molar-refractivity contribution in [1.29, 1.82) is 0 Å². The molecule has 0 aliphatic heterocycles. The van der Waals surface area contributed by atoms with Gasteiger partial charge in [-0.15, -0.1) is 10.2 Å². The van der Waals surface area contributed by atoms with Gasteiger partial charge in [-0.25, -0.2) is 0 Å². The van der Waals surface area contributed by atoms with Crippen LogP contribution in [0.15, 0.2) is 53.7 Å². The number of nitro groups is 1. The first-order valence-corrected chi connectivity index (χ1v) is 11.7. The van der Waals surface area contributed by atoms with Crippen LogP contribution in [0.3, 0.4) is 0 Å². The number of anilines is 1. The molecule has 0 bridgehead atoms. The summed E-state index contributed by atoms with van der Waals surface area (Å²) in [5, 5.41) is 23.3. The predicted octanol–water partition coefficient (Wildman–Crippen LogP) is 4.63. The highest BCUT2D eigenvalue weighted by atomic mass is 35.5. The molecule has 11 heteroatoms. The molecule has 1 unspecified atom stereocenters. The molecular formula is C22H25ClN6O3S. The van der Waals surface area contributed by atoms with E-state index in [1.807, 2.05) is 49.0 Å².